The number of benzene rings is 1. The molecule has 0 atom stereocenters. The molecule has 1 aromatic carbocycles. The summed E-state index contributed by atoms with van der Waals surface area (Å²) in [7, 11) is 0. The van der Waals surface area contributed by atoms with Crippen molar-refractivity contribution in [3.05, 3.63) is 62.7 Å². The van der Waals surface area contributed by atoms with Crippen molar-refractivity contribution in [1.82, 2.24) is 0 Å². The minimum absolute atomic E-state index is 0.0369. The second-order valence-electron chi connectivity index (χ2n) is 6.84. The lowest BCUT2D eigenvalue weighted by molar-refractivity contribution is -0.137. The van der Waals surface area contributed by atoms with Gasteiger partial charge in [-0.25, -0.2) is 0 Å². The summed E-state index contributed by atoms with van der Waals surface area (Å²) in [5, 5.41) is 12.7. The number of furan rings is 1. The Kier molecular flexibility index (Phi) is 5.35. The molecule has 1 aliphatic carbocycles. The molecule has 30 heavy (non-hydrogen) atoms. The van der Waals surface area contributed by atoms with E-state index in [2.05, 4.69) is 11.4 Å². The van der Waals surface area contributed by atoms with Crippen LogP contribution >= 0.6 is 22.9 Å². The van der Waals surface area contributed by atoms with Crippen molar-refractivity contribution in [2.24, 2.45) is 0 Å². The molecule has 154 valence electrons. The lowest BCUT2D eigenvalue weighted by atomic mass is 9.96. The highest BCUT2D eigenvalue weighted by molar-refractivity contribution is 7.16. The van der Waals surface area contributed by atoms with Crippen LogP contribution in [0.5, 0.6) is 0 Å². The van der Waals surface area contributed by atoms with Gasteiger partial charge in [-0.05, 0) is 61.6 Å². The van der Waals surface area contributed by atoms with Gasteiger partial charge < -0.3 is 9.73 Å². The van der Waals surface area contributed by atoms with E-state index in [4.69, 9.17) is 16.0 Å². The highest BCUT2D eigenvalue weighted by atomic mass is 35.5. The van der Waals surface area contributed by atoms with E-state index in [0.29, 0.717) is 10.6 Å². The van der Waals surface area contributed by atoms with Gasteiger partial charge in [-0.15, -0.1) is 11.3 Å². The van der Waals surface area contributed by atoms with E-state index in [9.17, 15) is 23.2 Å². The van der Waals surface area contributed by atoms with Crippen LogP contribution in [0.2, 0.25) is 5.02 Å². The normalized spacial score (nSPS) is 13.6. The maximum Gasteiger partial charge on any atom is 0.416 e. The molecule has 1 aliphatic rings. The molecule has 3 aromatic rings. The third-order valence-electron chi connectivity index (χ3n) is 4.90. The predicted molar refractivity (Wildman–Crippen MR) is 108 cm³/mol. The SMILES string of the molecule is N#Cc1c(NC(=O)c2ccc(-c3cc(C(F)(F)F)ccc3Cl)o2)sc2c1CCCC2. The molecule has 2 heterocycles. The van der Waals surface area contributed by atoms with E-state index < -0.39 is 17.6 Å². The molecule has 0 spiro atoms. The van der Waals surface area contributed by atoms with Crippen LogP contribution in [-0.2, 0) is 19.0 Å². The maximum atomic E-state index is 13.0. The molecule has 0 saturated heterocycles. The second-order valence-corrected chi connectivity index (χ2v) is 8.35. The van der Waals surface area contributed by atoms with Gasteiger partial charge in [-0.3, -0.25) is 4.79 Å². The number of nitriles is 1. The van der Waals surface area contributed by atoms with Crippen LogP contribution in [0.4, 0.5) is 18.2 Å². The van der Waals surface area contributed by atoms with Crippen molar-refractivity contribution in [3.63, 3.8) is 0 Å². The third kappa shape index (κ3) is 3.83. The lowest BCUT2D eigenvalue weighted by Crippen LogP contribution is -2.10. The van der Waals surface area contributed by atoms with Crippen molar-refractivity contribution in [2.45, 2.75) is 31.9 Å². The zero-order valence-corrected chi connectivity index (χ0v) is 17.0. The van der Waals surface area contributed by atoms with Gasteiger partial charge in [0.05, 0.1) is 16.1 Å². The summed E-state index contributed by atoms with van der Waals surface area (Å²) in [5.74, 6) is -0.629. The van der Waals surface area contributed by atoms with Crippen LogP contribution in [-0.4, -0.2) is 5.91 Å². The maximum absolute atomic E-state index is 13.0. The number of hydrogen-bond donors (Lipinski definition) is 1. The Hall–Kier alpha value is -2.76. The summed E-state index contributed by atoms with van der Waals surface area (Å²) >= 11 is 7.41. The van der Waals surface area contributed by atoms with Crippen LogP contribution in [0.3, 0.4) is 0 Å². The standard InChI is InChI=1S/C21H14ClF3N2O2S/c22-15-6-5-11(21(23,24)25)9-13(15)16-7-8-17(29-16)19(28)27-20-14(10-26)12-3-1-2-4-18(12)30-20/h5-9H,1-4H2,(H,27,28). The fourth-order valence-electron chi connectivity index (χ4n) is 3.43. The Morgan fingerprint density at radius 1 is 1.20 bits per heavy atom. The smallest absolute Gasteiger partial charge is 0.416 e. The summed E-state index contributed by atoms with van der Waals surface area (Å²) < 4.78 is 44.5. The molecule has 0 fully saturated rings. The Morgan fingerprint density at radius 3 is 2.70 bits per heavy atom. The number of nitrogens with one attached hydrogen (secondary N) is 1. The molecule has 0 aliphatic heterocycles. The molecule has 0 unspecified atom stereocenters. The van der Waals surface area contributed by atoms with Gasteiger partial charge in [0.25, 0.3) is 5.91 Å². The molecular weight excluding hydrogens is 437 g/mol. The van der Waals surface area contributed by atoms with Gasteiger partial charge in [0.15, 0.2) is 5.76 Å². The fourth-order valence-corrected chi connectivity index (χ4v) is 4.88. The molecule has 1 amide bonds. The zero-order valence-electron chi connectivity index (χ0n) is 15.4. The van der Waals surface area contributed by atoms with E-state index in [0.717, 1.165) is 54.3 Å². The first-order valence-corrected chi connectivity index (χ1v) is 10.3. The van der Waals surface area contributed by atoms with Crippen LogP contribution in [0.1, 0.15) is 45.0 Å². The van der Waals surface area contributed by atoms with Gasteiger partial charge in [0, 0.05) is 10.4 Å². The minimum atomic E-state index is -4.53. The van der Waals surface area contributed by atoms with Crippen molar-refractivity contribution in [1.29, 1.82) is 5.26 Å². The van der Waals surface area contributed by atoms with Crippen LogP contribution in [0.25, 0.3) is 11.3 Å². The van der Waals surface area contributed by atoms with Gasteiger partial charge in [0.2, 0.25) is 0 Å². The molecule has 1 N–H and O–H groups in total. The van der Waals surface area contributed by atoms with E-state index in [1.165, 1.54) is 23.5 Å². The quantitative estimate of drug-likeness (QED) is 0.483. The molecule has 2 aromatic heterocycles. The minimum Gasteiger partial charge on any atom is -0.451 e. The molecule has 0 bridgehead atoms. The number of rotatable bonds is 3. The first-order chi connectivity index (χ1) is 14.3. The lowest BCUT2D eigenvalue weighted by Gasteiger charge is -2.09. The van der Waals surface area contributed by atoms with E-state index in [1.807, 2.05) is 0 Å². The number of anilines is 1. The number of alkyl halides is 3. The largest absolute Gasteiger partial charge is 0.451 e. The average Bonchev–Trinajstić information content (AvgIpc) is 3.31. The van der Waals surface area contributed by atoms with E-state index in [-0.39, 0.29) is 22.1 Å². The Balaban J connectivity index is 1.61. The van der Waals surface area contributed by atoms with Gasteiger partial charge in [0.1, 0.15) is 16.8 Å². The third-order valence-corrected chi connectivity index (χ3v) is 6.44. The summed E-state index contributed by atoms with van der Waals surface area (Å²) in [6, 6.07) is 7.81. The van der Waals surface area contributed by atoms with Crippen LogP contribution < -0.4 is 5.32 Å². The van der Waals surface area contributed by atoms with Gasteiger partial charge >= 0.3 is 6.18 Å². The van der Waals surface area contributed by atoms with E-state index in [1.54, 1.807) is 0 Å². The Morgan fingerprint density at radius 2 is 1.97 bits per heavy atom. The predicted octanol–water partition coefficient (Wildman–Crippen LogP) is 6.68. The summed E-state index contributed by atoms with van der Waals surface area (Å²) in [6.45, 7) is 0. The number of thiophene rings is 1. The second kappa shape index (κ2) is 7.82. The monoisotopic (exact) mass is 450 g/mol. The van der Waals surface area contributed by atoms with Gasteiger partial charge in [-0.2, -0.15) is 18.4 Å². The van der Waals surface area contributed by atoms with Crippen molar-refractivity contribution >= 4 is 33.8 Å². The topological polar surface area (TPSA) is 66.0 Å². The Labute approximate surface area is 178 Å². The highest BCUT2D eigenvalue weighted by Gasteiger charge is 2.31. The van der Waals surface area contributed by atoms with Gasteiger partial charge in [-0.1, -0.05) is 11.6 Å². The molecule has 4 rings (SSSR count). The van der Waals surface area contributed by atoms with Crippen LogP contribution in [0.15, 0.2) is 34.7 Å². The number of hydrogen-bond acceptors (Lipinski definition) is 4. The van der Waals surface area contributed by atoms with E-state index >= 15 is 0 Å². The molecular formula is C21H14ClF3N2O2S. The summed E-state index contributed by atoms with van der Waals surface area (Å²) in [4.78, 5) is 13.7. The fraction of sp³-hybridized carbons (Fsp3) is 0.238. The Bertz CT molecular complexity index is 1170. The van der Waals surface area contributed by atoms with Crippen molar-refractivity contribution in [2.75, 3.05) is 5.32 Å². The average molecular weight is 451 g/mol. The molecule has 0 radical (unpaired) electrons. The van der Waals surface area contributed by atoms with Crippen molar-refractivity contribution < 1.29 is 22.4 Å². The zero-order chi connectivity index (χ0) is 21.5. The van der Waals surface area contributed by atoms with Crippen molar-refractivity contribution in [3.8, 4) is 17.4 Å². The molecule has 4 nitrogen and oxygen atoms in total. The number of halogens is 4. The number of aryl methyl sites for hydroxylation is 1. The number of amides is 1. The molecule has 0 saturated carbocycles. The molecule has 9 heteroatoms. The number of carbonyl (C=O) groups excluding carboxylic acids is 1. The van der Waals surface area contributed by atoms with Crippen LogP contribution in [0, 0.1) is 11.3 Å². The first kappa shape index (κ1) is 20.5. The highest BCUT2D eigenvalue weighted by Crippen LogP contribution is 2.39. The number of nitrogens with zero attached hydrogens (tertiary/aromatic N) is 1. The number of carbonyl (C=O) groups is 1. The number of fused-ring (bicyclic) bond motifs is 1. The summed E-state index contributed by atoms with van der Waals surface area (Å²) in [6.07, 6.45) is -0.790. The summed E-state index contributed by atoms with van der Waals surface area (Å²) in [5.41, 5.74) is 0.623. The first-order valence-electron chi connectivity index (χ1n) is 9.11.